The standard InChI is InChI=1S/C62H40/c1-62(49-11-3-2-4-12-49)56-35-46(25-29-52(56)53-30-26-48(36-57(53)62)51-28-22-42-16-14-38-8-6-10-40-24-32-55(51)61(42)59(38)40)44-17-18-45-34-47(20-19-43(45)33-44)50-27-21-41-15-13-37-7-5-9-39-23-31-54(50)60(41)58(37)39/h2-7,9-15,17-36H,8,16H2,1H3. The van der Waals surface area contributed by atoms with E-state index >= 15 is 0 Å². The molecule has 0 heteroatoms. The average molecular weight is 785 g/mol. The Hall–Kier alpha value is -7.54. The zero-order valence-corrected chi connectivity index (χ0v) is 34.5. The van der Waals surface area contributed by atoms with E-state index in [2.05, 4.69) is 207 Å². The maximum Gasteiger partial charge on any atom is 0.0435 e. The molecule has 14 rings (SSSR count). The fourth-order valence-corrected chi connectivity index (χ4v) is 11.8. The maximum atomic E-state index is 2.51. The first-order valence-corrected chi connectivity index (χ1v) is 22.1. The molecule has 62 heavy (non-hydrogen) atoms. The van der Waals surface area contributed by atoms with Gasteiger partial charge in [0.25, 0.3) is 0 Å². The zero-order chi connectivity index (χ0) is 40.7. The average Bonchev–Trinajstić information content (AvgIpc) is 3.59. The van der Waals surface area contributed by atoms with Gasteiger partial charge in [-0.2, -0.15) is 0 Å². The van der Waals surface area contributed by atoms with E-state index in [-0.39, 0.29) is 5.41 Å². The monoisotopic (exact) mass is 784 g/mol. The second-order valence-electron chi connectivity index (χ2n) is 18.0. The first-order valence-electron chi connectivity index (χ1n) is 22.1. The van der Waals surface area contributed by atoms with Gasteiger partial charge in [0, 0.05) is 5.41 Å². The van der Waals surface area contributed by atoms with E-state index in [1.807, 2.05) is 0 Å². The van der Waals surface area contributed by atoms with Crippen molar-refractivity contribution < 1.29 is 0 Å². The molecule has 0 fully saturated rings. The second kappa shape index (κ2) is 12.5. The van der Waals surface area contributed by atoms with Gasteiger partial charge in [-0.15, -0.1) is 0 Å². The minimum absolute atomic E-state index is 0.328. The lowest BCUT2D eigenvalue weighted by Gasteiger charge is -2.29. The van der Waals surface area contributed by atoms with Crippen molar-refractivity contribution >= 4 is 65.5 Å². The van der Waals surface area contributed by atoms with Gasteiger partial charge in [-0.3, -0.25) is 0 Å². The first kappa shape index (κ1) is 34.2. The molecule has 0 bridgehead atoms. The van der Waals surface area contributed by atoms with Crippen molar-refractivity contribution in [1.29, 1.82) is 0 Å². The van der Waals surface area contributed by atoms with E-state index in [4.69, 9.17) is 0 Å². The fraction of sp³-hybridized carbons (Fsp3) is 0.0645. The Bertz CT molecular complexity index is 3790. The molecule has 288 valence electrons. The van der Waals surface area contributed by atoms with E-state index in [9.17, 15) is 0 Å². The number of hydrogen-bond donors (Lipinski definition) is 0. The lowest BCUT2D eigenvalue weighted by molar-refractivity contribution is 0.714. The van der Waals surface area contributed by atoms with Crippen LogP contribution in [0, 0.1) is 0 Å². The molecule has 11 aromatic carbocycles. The predicted octanol–water partition coefficient (Wildman–Crippen LogP) is 16.6. The molecule has 0 heterocycles. The van der Waals surface area contributed by atoms with Gasteiger partial charge in [-0.1, -0.05) is 176 Å². The molecule has 1 atom stereocenters. The minimum atomic E-state index is -0.328. The molecule has 3 aliphatic rings. The van der Waals surface area contributed by atoms with Crippen molar-refractivity contribution in [2.24, 2.45) is 0 Å². The summed E-state index contributed by atoms with van der Waals surface area (Å²) in [7, 11) is 0. The molecule has 1 unspecified atom stereocenters. The van der Waals surface area contributed by atoms with Crippen LogP contribution < -0.4 is 0 Å². The Labute approximate surface area is 361 Å². The summed E-state index contributed by atoms with van der Waals surface area (Å²) < 4.78 is 0. The van der Waals surface area contributed by atoms with Crippen molar-refractivity contribution in [3.63, 3.8) is 0 Å². The molecular weight excluding hydrogens is 745 g/mol. The first-order chi connectivity index (χ1) is 30.6. The van der Waals surface area contributed by atoms with Crippen molar-refractivity contribution in [1.82, 2.24) is 0 Å². The number of allylic oxidation sites excluding steroid dienone is 3. The Morgan fingerprint density at radius 3 is 1.77 bits per heavy atom. The van der Waals surface area contributed by atoms with Gasteiger partial charge in [0.05, 0.1) is 0 Å². The van der Waals surface area contributed by atoms with Crippen molar-refractivity contribution in [3.05, 3.63) is 228 Å². The van der Waals surface area contributed by atoms with Gasteiger partial charge in [0.2, 0.25) is 0 Å². The van der Waals surface area contributed by atoms with Gasteiger partial charge in [-0.05, 0) is 181 Å². The predicted molar refractivity (Wildman–Crippen MR) is 264 cm³/mol. The SMILES string of the molecule is CC1(c2ccccc2)c2cc(-c3ccc4cc(-c5ccc6ccc7cccc8ccc5c6c78)ccc4c3)ccc2-c2ccc(-c3ccc4c5c6c(ccc35)C=CCC6=CC4)cc21. The summed E-state index contributed by atoms with van der Waals surface area (Å²) in [5, 5.41) is 13.2. The summed E-state index contributed by atoms with van der Waals surface area (Å²) in [5.41, 5.74) is 19.7. The third-order valence-electron chi connectivity index (χ3n) is 14.9. The molecule has 0 saturated carbocycles. The summed E-state index contributed by atoms with van der Waals surface area (Å²) in [6, 6.07) is 69.4. The molecule has 0 nitrogen and oxygen atoms in total. The number of rotatable bonds is 4. The van der Waals surface area contributed by atoms with E-state index in [1.54, 1.807) is 0 Å². The van der Waals surface area contributed by atoms with Gasteiger partial charge < -0.3 is 0 Å². The van der Waals surface area contributed by atoms with E-state index in [0.29, 0.717) is 0 Å². The highest BCUT2D eigenvalue weighted by Crippen LogP contribution is 2.55. The summed E-state index contributed by atoms with van der Waals surface area (Å²) >= 11 is 0. The van der Waals surface area contributed by atoms with E-state index in [1.165, 1.54) is 137 Å². The Balaban J connectivity index is 0.871. The summed E-state index contributed by atoms with van der Waals surface area (Å²) in [6.45, 7) is 2.45. The lowest BCUT2D eigenvalue weighted by Crippen LogP contribution is -2.22. The van der Waals surface area contributed by atoms with Gasteiger partial charge in [-0.25, -0.2) is 0 Å². The highest BCUT2D eigenvalue weighted by Gasteiger charge is 2.41. The summed E-state index contributed by atoms with van der Waals surface area (Å²) in [6.07, 6.45) is 9.09. The molecule has 0 N–H and O–H groups in total. The van der Waals surface area contributed by atoms with Gasteiger partial charge in [0.1, 0.15) is 0 Å². The van der Waals surface area contributed by atoms with Crippen LogP contribution in [-0.4, -0.2) is 0 Å². The van der Waals surface area contributed by atoms with Crippen LogP contribution >= 0.6 is 0 Å². The van der Waals surface area contributed by atoms with Crippen LogP contribution in [0.5, 0.6) is 0 Å². The fourth-order valence-electron chi connectivity index (χ4n) is 11.8. The van der Waals surface area contributed by atoms with Crippen LogP contribution in [-0.2, 0) is 11.8 Å². The van der Waals surface area contributed by atoms with E-state index < -0.39 is 0 Å². The lowest BCUT2D eigenvalue weighted by atomic mass is 9.73. The minimum Gasteiger partial charge on any atom is -0.0795 e. The second-order valence-corrected chi connectivity index (χ2v) is 18.0. The third-order valence-corrected chi connectivity index (χ3v) is 14.9. The largest absolute Gasteiger partial charge is 0.0795 e. The van der Waals surface area contributed by atoms with Crippen LogP contribution in [0.1, 0.15) is 46.7 Å². The van der Waals surface area contributed by atoms with E-state index in [0.717, 1.165) is 12.8 Å². The normalized spacial score (nSPS) is 16.1. The molecule has 0 radical (unpaired) electrons. The molecule has 0 saturated heterocycles. The third kappa shape index (κ3) is 4.67. The smallest absolute Gasteiger partial charge is 0.0435 e. The van der Waals surface area contributed by atoms with Crippen molar-refractivity contribution in [2.75, 3.05) is 0 Å². The van der Waals surface area contributed by atoms with Crippen molar-refractivity contribution in [2.45, 2.75) is 25.2 Å². The topological polar surface area (TPSA) is 0 Å². The van der Waals surface area contributed by atoms with Crippen LogP contribution in [0.15, 0.2) is 194 Å². The van der Waals surface area contributed by atoms with Crippen LogP contribution in [0.25, 0.3) is 110 Å². The Morgan fingerprint density at radius 2 is 0.968 bits per heavy atom. The molecule has 11 aromatic rings. The Morgan fingerprint density at radius 1 is 0.403 bits per heavy atom. The molecule has 0 spiro atoms. The highest BCUT2D eigenvalue weighted by molar-refractivity contribution is 6.25. The van der Waals surface area contributed by atoms with Crippen LogP contribution in [0.2, 0.25) is 0 Å². The Kier molecular flexibility index (Phi) is 6.90. The molecule has 0 aromatic heterocycles. The highest BCUT2D eigenvalue weighted by atomic mass is 14.4. The zero-order valence-electron chi connectivity index (χ0n) is 34.5. The summed E-state index contributed by atoms with van der Waals surface area (Å²) in [4.78, 5) is 0. The van der Waals surface area contributed by atoms with Crippen LogP contribution in [0.3, 0.4) is 0 Å². The number of benzene rings is 11. The molecular formula is C62H40. The van der Waals surface area contributed by atoms with Crippen LogP contribution in [0.4, 0.5) is 0 Å². The number of hydrogen-bond acceptors (Lipinski definition) is 0. The number of fused-ring (bicyclic) bond motifs is 4. The maximum absolute atomic E-state index is 2.51. The van der Waals surface area contributed by atoms with Gasteiger partial charge >= 0.3 is 0 Å². The molecule has 0 amide bonds. The summed E-state index contributed by atoms with van der Waals surface area (Å²) in [5.74, 6) is 0. The molecule has 3 aliphatic carbocycles. The quantitative estimate of drug-likeness (QED) is 0.156. The molecule has 0 aliphatic heterocycles. The van der Waals surface area contributed by atoms with Gasteiger partial charge in [0.15, 0.2) is 0 Å². The van der Waals surface area contributed by atoms with Crippen molar-refractivity contribution in [3.8, 4) is 44.5 Å².